The van der Waals surface area contributed by atoms with Gasteiger partial charge in [0.2, 0.25) is 0 Å². The highest BCUT2D eigenvalue weighted by Crippen LogP contribution is 2.39. The van der Waals surface area contributed by atoms with Gasteiger partial charge in [0.1, 0.15) is 17.6 Å². The minimum atomic E-state index is -0.373. The Morgan fingerprint density at radius 3 is 2.28 bits per heavy atom. The van der Waals surface area contributed by atoms with E-state index < -0.39 is 0 Å². The van der Waals surface area contributed by atoms with Gasteiger partial charge in [-0.3, -0.25) is 0 Å². The van der Waals surface area contributed by atoms with Crippen LogP contribution in [0.1, 0.15) is 39.1 Å². The van der Waals surface area contributed by atoms with E-state index in [2.05, 4.69) is 56.1 Å². The summed E-state index contributed by atoms with van der Waals surface area (Å²) in [6, 6.07) is 8.37. The number of ether oxygens (including phenoxy) is 1. The van der Waals surface area contributed by atoms with Crippen LogP contribution in [0.2, 0.25) is 0 Å². The van der Waals surface area contributed by atoms with Crippen molar-refractivity contribution in [1.82, 2.24) is 14.8 Å². The van der Waals surface area contributed by atoms with E-state index in [9.17, 15) is 0 Å². The summed E-state index contributed by atoms with van der Waals surface area (Å²) in [6.45, 7) is 9.48. The normalized spacial score (nSPS) is 23.5. The van der Waals surface area contributed by atoms with Crippen molar-refractivity contribution >= 4 is 12.6 Å². The summed E-state index contributed by atoms with van der Waals surface area (Å²) in [6.07, 6.45) is 1.73. The maximum Gasteiger partial charge on any atom is 0.494 e. The average molecular weight is 341 g/mol. The van der Waals surface area contributed by atoms with Gasteiger partial charge in [0, 0.05) is 7.05 Å². The Labute approximate surface area is 148 Å². The molecule has 0 saturated carbocycles. The van der Waals surface area contributed by atoms with Gasteiger partial charge in [-0.1, -0.05) is 24.3 Å². The van der Waals surface area contributed by atoms with E-state index >= 15 is 0 Å². The summed E-state index contributed by atoms with van der Waals surface area (Å²) < 4.78 is 19.9. The molecule has 2 aliphatic heterocycles. The van der Waals surface area contributed by atoms with Crippen LogP contribution in [-0.2, 0) is 26.5 Å². The van der Waals surface area contributed by atoms with Crippen LogP contribution >= 0.6 is 0 Å². The molecule has 7 heteroatoms. The van der Waals surface area contributed by atoms with Gasteiger partial charge in [-0.25, -0.2) is 0 Å². The number of aromatic nitrogens is 3. The van der Waals surface area contributed by atoms with Crippen LogP contribution in [0.5, 0.6) is 0 Å². The molecule has 25 heavy (non-hydrogen) atoms. The van der Waals surface area contributed by atoms with Crippen molar-refractivity contribution in [2.75, 3.05) is 13.2 Å². The van der Waals surface area contributed by atoms with E-state index in [0.717, 1.165) is 16.9 Å². The van der Waals surface area contributed by atoms with Gasteiger partial charge in [-0.05, 0) is 38.7 Å². The Morgan fingerprint density at radius 2 is 1.76 bits per heavy atom. The van der Waals surface area contributed by atoms with Gasteiger partial charge in [-0.2, -0.15) is 0 Å². The molecule has 0 unspecified atom stereocenters. The van der Waals surface area contributed by atoms with Crippen molar-refractivity contribution in [3.05, 3.63) is 42.0 Å². The molecule has 2 saturated heterocycles. The van der Waals surface area contributed by atoms with E-state index in [-0.39, 0.29) is 23.7 Å². The molecule has 0 bridgehead atoms. The summed E-state index contributed by atoms with van der Waals surface area (Å²) in [5.74, 6) is 0.921. The van der Waals surface area contributed by atoms with Crippen LogP contribution in [0.4, 0.5) is 0 Å². The highest BCUT2D eigenvalue weighted by Gasteiger charge is 2.52. The third-order valence-corrected chi connectivity index (χ3v) is 5.80. The highest BCUT2D eigenvalue weighted by atomic mass is 16.7. The van der Waals surface area contributed by atoms with Crippen molar-refractivity contribution in [2.24, 2.45) is 7.05 Å². The Hall–Kier alpha value is -1.70. The maximum absolute atomic E-state index is 6.20. The third-order valence-electron chi connectivity index (χ3n) is 5.80. The SMILES string of the molecule is Cn1cnnc1C1(c2cccc(B3OC(C)(C)C(C)(C)O3)c2)COC1. The molecule has 0 aliphatic carbocycles. The van der Waals surface area contributed by atoms with E-state index in [1.165, 1.54) is 0 Å². The van der Waals surface area contributed by atoms with Crippen molar-refractivity contribution in [1.29, 1.82) is 0 Å². The van der Waals surface area contributed by atoms with Crippen molar-refractivity contribution in [2.45, 2.75) is 44.3 Å². The molecule has 2 fully saturated rings. The second kappa shape index (κ2) is 5.40. The lowest BCUT2D eigenvalue weighted by Gasteiger charge is -2.40. The van der Waals surface area contributed by atoms with Crippen molar-refractivity contribution in [3.8, 4) is 0 Å². The molecular formula is C18H24BN3O3. The minimum Gasteiger partial charge on any atom is -0.399 e. The molecule has 3 heterocycles. The molecule has 132 valence electrons. The first kappa shape index (κ1) is 16.8. The summed E-state index contributed by atoms with van der Waals surface area (Å²) in [4.78, 5) is 0. The van der Waals surface area contributed by atoms with Crippen molar-refractivity contribution < 1.29 is 14.0 Å². The van der Waals surface area contributed by atoms with Gasteiger partial charge in [-0.15, -0.1) is 10.2 Å². The van der Waals surface area contributed by atoms with Crippen molar-refractivity contribution in [3.63, 3.8) is 0 Å². The van der Waals surface area contributed by atoms with Gasteiger partial charge < -0.3 is 18.6 Å². The largest absolute Gasteiger partial charge is 0.494 e. The minimum absolute atomic E-state index is 0.259. The van der Waals surface area contributed by atoms with E-state index in [1.54, 1.807) is 6.33 Å². The molecule has 2 aromatic rings. The maximum atomic E-state index is 6.20. The molecule has 6 nitrogen and oxygen atoms in total. The first-order valence-electron chi connectivity index (χ1n) is 8.63. The van der Waals surface area contributed by atoms with Gasteiger partial charge >= 0.3 is 7.12 Å². The van der Waals surface area contributed by atoms with Crippen LogP contribution in [-0.4, -0.2) is 46.3 Å². The Bertz CT molecular complexity index is 782. The zero-order chi connectivity index (χ0) is 17.9. The lowest BCUT2D eigenvalue weighted by atomic mass is 9.72. The fraction of sp³-hybridized carbons (Fsp3) is 0.556. The molecule has 0 amide bonds. The number of hydrogen-bond acceptors (Lipinski definition) is 5. The van der Waals surface area contributed by atoms with Gasteiger partial charge in [0.05, 0.1) is 24.4 Å². The second-order valence-electron chi connectivity index (χ2n) is 8.05. The Morgan fingerprint density at radius 1 is 1.08 bits per heavy atom. The quantitative estimate of drug-likeness (QED) is 0.791. The highest BCUT2D eigenvalue weighted by molar-refractivity contribution is 6.62. The molecule has 0 radical (unpaired) electrons. The number of aryl methyl sites for hydroxylation is 1. The lowest BCUT2D eigenvalue weighted by Crippen LogP contribution is -2.50. The summed E-state index contributed by atoms with van der Waals surface area (Å²) in [7, 11) is 1.59. The predicted molar refractivity (Wildman–Crippen MR) is 94.8 cm³/mol. The monoisotopic (exact) mass is 341 g/mol. The first-order chi connectivity index (χ1) is 11.8. The van der Waals surface area contributed by atoms with Crippen LogP contribution < -0.4 is 5.46 Å². The third kappa shape index (κ3) is 2.45. The summed E-state index contributed by atoms with van der Waals surface area (Å²) >= 11 is 0. The molecule has 2 aliphatic rings. The van der Waals surface area contributed by atoms with Crippen LogP contribution in [0.25, 0.3) is 0 Å². The molecular weight excluding hydrogens is 317 g/mol. The zero-order valence-corrected chi connectivity index (χ0v) is 15.4. The molecule has 1 aromatic carbocycles. The topological polar surface area (TPSA) is 58.4 Å². The van der Waals surface area contributed by atoms with E-state index in [4.69, 9.17) is 14.0 Å². The molecule has 0 spiro atoms. The fourth-order valence-corrected chi connectivity index (χ4v) is 3.41. The Kier molecular flexibility index (Phi) is 3.62. The van der Waals surface area contributed by atoms with Crippen LogP contribution in [0.3, 0.4) is 0 Å². The van der Waals surface area contributed by atoms with Gasteiger partial charge in [0.15, 0.2) is 0 Å². The number of benzene rings is 1. The van der Waals surface area contributed by atoms with E-state index in [1.807, 2.05) is 17.7 Å². The van der Waals surface area contributed by atoms with Crippen LogP contribution in [0.15, 0.2) is 30.6 Å². The zero-order valence-electron chi connectivity index (χ0n) is 15.4. The average Bonchev–Trinajstić information content (AvgIpc) is 3.00. The smallest absolute Gasteiger partial charge is 0.399 e. The first-order valence-corrected chi connectivity index (χ1v) is 8.63. The number of nitrogens with zero attached hydrogens (tertiary/aromatic N) is 3. The second-order valence-corrected chi connectivity index (χ2v) is 8.05. The van der Waals surface area contributed by atoms with Gasteiger partial charge in [0.25, 0.3) is 0 Å². The number of hydrogen-bond donors (Lipinski definition) is 0. The molecule has 0 N–H and O–H groups in total. The van der Waals surface area contributed by atoms with E-state index in [0.29, 0.717) is 13.2 Å². The molecule has 4 rings (SSSR count). The molecule has 1 aromatic heterocycles. The predicted octanol–water partition coefficient (Wildman–Crippen LogP) is 1.43. The molecule has 0 atom stereocenters. The fourth-order valence-electron chi connectivity index (χ4n) is 3.41. The standard InChI is InChI=1S/C18H24BN3O3/c1-16(2)17(3,4)25-19(24-16)14-8-6-7-13(9-14)18(10-23-11-18)15-21-20-12-22(15)5/h6-9,12H,10-11H2,1-5H3. The van der Waals surface area contributed by atoms with Crippen LogP contribution in [0, 0.1) is 0 Å². The Balaban J connectivity index is 1.70. The summed E-state index contributed by atoms with van der Waals surface area (Å²) in [5, 5.41) is 8.37. The lowest BCUT2D eigenvalue weighted by molar-refractivity contribution is -0.0435. The number of rotatable bonds is 3. The summed E-state index contributed by atoms with van der Waals surface area (Å²) in [5.41, 5.74) is 1.21.